The number of benzene rings is 2. The predicted octanol–water partition coefficient (Wildman–Crippen LogP) is 3.65. The summed E-state index contributed by atoms with van der Waals surface area (Å²) in [7, 11) is 0. The van der Waals surface area contributed by atoms with E-state index in [2.05, 4.69) is 6.92 Å². The van der Waals surface area contributed by atoms with Crippen LogP contribution in [0.5, 0.6) is 0 Å². The number of fused-ring (bicyclic) bond motifs is 1. The van der Waals surface area contributed by atoms with E-state index in [1.54, 1.807) is 48.5 Å². The van der Waals surface area contributed by atoms with E-state index in [4.69, 9.17) is 4.74 Å². The maximum Gasteiger partial charge on any atom is 0.338 e. The van der Waals surface area contributed by atoms with Gasteiger partial charge in [0.1, 0.15) is 0 Å². The SMILES string of the molecule is C[C@@H]1CC[C@H]2C(=O)N(c3cccc(C(=O)OCC(=O)c4ccccc4)c3)C(=O)[C@@H]2C1. The van der Waals surface area contributed by atoms with E-state index >= 15 is 0 Å². The number of hydrogen-bond acceptors (Lipinski definition) is 5. The van der Waals surface area contributed by atoms with Gasteiger partial charge in [-0.25, -0.2) is 4.79 Å². The number of carbonyl (C=O) groups excluding carboxylic acids is 4. The molecule has 0 spiro atoms. The first-order valence-corrected chi connectivity index (χ1v) is 10.2. The van der Waals surface area contributed by atoms with Crippen LogP contribution in [-0.2, 0) is 14.3 Å². The highest BCUT2D eigenvalue weighted by atomic mass is 16.5. The fraction of sp³-hybridized carbons (Fsp3) is 0.333. The van der Waals surface area contributed by atoms with Crippen LogP contribution in [0.2, 0.25) is 0 Å². The zero-order chi connectivity index (χ0) is 21.3. The van der Waals surface area contributed by atoms with Crippen LogP contribution in [0.1, 0.15) is 46.9 Å². The van der Waals surface area contributed by atoms with Crippen LogP contribution in [0.3, 0.4) is 0 Å². The Morgan fingerprint density at radius 1 is 0.933 bits per heavy atom. The van der Waals surface area contributed by atoms with Gasteiger partial charge in [0.05, 0.1) is 23.1 Å². The highest BCUT2D eigenvalue weighted by molar-refractivity contribution is 6.22. The van der Waals surface area contributed by atoms with Crippen molar-refractivity contribution in [2.45, 2.75) is 26.2 Å². The van der Waals surface area contributed by atoms with Crippen LogP contribution >= 0.6 is 0 Å². The number of hydrogen-bond donors (Lipinski definition) is 0. The van der Waals surface area contributed by atoms with Gasteiger partial charge >= 0.3 is 5.97 Å². The Morgan fingerprint density at radius 3 is 2.40 bits per heavy atom. The second kappa shape index (κ2) is 8.22. The molecule has 1 aliphatic carbocycles. The molecule has 30 heavy (non-hydrogen) atoms. The summed E-state index contributed by atoms with van der Waals surface area (Å²) in [6, 6.07) is 14.8. The first-order valence-electron chi connectivity index (χ1n) is 10.2. The molecule has 2 aliphatic rings. The lowest BCUT2D eigenvalue weighted by atomic mass is 9.76. The summed E-state index contributed by atoms with van der Waals surface area (Å²) in [6.07, 6.45) is 2.38. The number of nitrogens with zero attached hydrogens (tertiary/aromatic N) is 1. The number of anilines is 1. The third-order valence-electron chi connectivity index (χ3n) is 5.96. The largest absolute Gasteiger partial charge is 0.454 e. The Labute approximate surface area is 174 Å². The summed E-state index contributed by atoms with van der Waals surface area (Å²) >= 11 is 0. The quantitative estimate of drug-likeness (QED) is 0.431. The molecule has 1 heterocycles. The maximum absolute atomic E-state index is 12.9. The van der Waals surface area contributed by atoms with Gasteiger partial charge in [0, 0.05) is 5.56 Å². The van der Waals surface area contributed by atoms with Gasteiger partial charge in [-0.2, -0.15) is 0 Å². The molecular weight excluding hydrogens is 382 g/mol. The fourth-order valence-corrected chi connectivity index (χ4v) is 4.34. The van der Waals surface area contributed by atoms with Gasteiger partial charge < -0.3 is 4.74 Å². The first kappa shape index (κ1) is 20.0. The monoisotopic (exact) mass is 405 g/mol. The standard InChI is InChI=1S/C24H23NO5/c1-15-10-11-19-20(12-15)23(28)25(22(19)27)18-9-5-8-17(13-18)24(29)30-14-21(26)16-6-3-2-4-7-16/h2-9,13,15,19-20H,10-12,14H2,1H3/t15-,19-,20-/m1/s1. The van der Waals surface area contributed by atoms with E-state index in [0.29, 0.717) is 17.2 Å². The molecule has 0 radical (unpaired) electrons. The van der Waals surface area contributed by atoms with Crippen molar-refractivity contribution in [3.05, 3.63) is 65.7 Å². The molecule has 1 saturated heterocycles. The van der Waals surface area contributed by atoms with Crippen molar-refractivity contribution in [1.29, 1.82) is 0 Å². The smallest absolute Gasteiger partial charge is 0.338 e. The first-order chi connectivity index (χ1) is 14.5. The molecule has 2 amide bonds. The average Bonchev–Trinajstić information content (AvgIpc) is 3.01. The van der Waals surface area contributed by atoms with Crippen LogP contribution in [0.15, 0.2) is 54.6 Å². The second-order valence-corrected chi connectivity index (χ2v) is 8.06. The molecule has 2 fully saturated rings. The molecule has 0 bridgehead atoms. The van der Waals surface area contributed by atoms with Crippen molar-refractivity contribution in [3.63, 3.8) is 0 Å². The number of rotatable bonds is 5. The van der Waals surface area contributed by atoms with Crippen LogP contribution in [0.25, 0.3) is 0 Å². The molecule has 1 saturated carbocycles. The van der Waals surface area contributed by atoms with Gasteiger partial charge in [-0.1, -0.05) is 43.3 Å². The maximum atomic E-state index is 12.9. The van der Waals surface area contributed by atoms with E-state index in [1.165, 1.54) is 11.0 Å². The summed E-state index contributed by atoms with van der Waals surface area (Å²) in [6.45, 7) is 1.72. The Hall–Kier alpha value is -3.28. The van der Waals surface area contributed by atoms with Crippen molar-refractivity contribution in [2.75, 3.05) is 11.5 Å². The van der Waals surface area contributed by atoms with Gasteiger partial charge in [-0.05, 0) is 43.4 Å². The topological polar surface area (TPSA) is 80.8 Å². The minimum absolute atomic E-state index is 0.192. The van der Waals surface area contributed by atoms with Gasteiger partial charge in [0.15, 0.2) is 12.4 Å². The second-order valence-electron chi connectivity index (χ2n) is 8.06. The number of carbonyl (C=O) groups is 4. The highest BCUT2D eigenvalue weighted by Gasteiger charge is 2.50. The Balaban J connectivity index is 1.47. The van der Waals surface area contributed by atoms with Crippen LogP contribution in [0.4, 0.5) is 5.69 Å². The van der Waals surface area contributed by atoms with Crippen LogP contribution in [0, 0.1) is 17.8 Å². The van der Waals surface area contributed by atoms with E-state index in [9.17, 15) is 19.2 Å². The molecule has 6 heteroatoms. The van der Waals surface area contributed by atoms with Gasteiger partial charge in [0.25, 0.3) is 0 Å². The number of imide groups is 1. The van der Waals surface area contributed by atoms with Crippen molar-refractivity contribution < 1.29 is 23.9 Å². The van der Waals surface area contributed by atoms with Gasteiger partial charge in [0.2, 0.25) is 11.8 Å². The van der Waals surface area contributed by atoms with Gasteiger partial charge in [-0.15, -0.1) is 0 Å². The number of ketones is 1. The number of Topliss-reactive ketones (excluding diaryl/α,β-unsaturated/α-hetero) is 1. The normalized spacial score (nSPS) is 23.2. The molecule has 0 aromatic heterocycles. The molecule has 3 atom stereocenters. The highest BCUT2D eigenvalue weighted by Crippen LogP contribution is 2.42. The van der Waals surface area contributed by atoms with E-state index in [1.807, 2.05) is 0 Å². The lowest BCUT2D eigenvalue weighted by molar-refractivity contribution is -0.122. The fourth-order valence-electron chi connectivity index (χ4n) is 4.34. The predicted molar refractivity (Wildman–Crippen MR) is 110 cm³/mol. The molecule has 1 aliphatic heterocycles. The summed E-state index contributed by atoms with van der Waals surface area (Å²) < 4.78 is 5.15. The molecule has 0 N–H and O–H groups in total. The molecule has 2 aromatic carbocycles. The molecule has 6 nitrogen and oxygen atoms in total. The Bertz CT molecular complexity index is 1000. The Morgan fingerprint density at radius 2 is 1.63 bits per heavy atom. The number of esters is 1. The molecule has 0 unspecified atom stereocenters. The number of amides is 2. The van der Waals surface area contributed by atoms with Gasteiger partial charge in [-0.3, -0.25) is 19.3 Å². The Kier molecular flexibility index (Phi) is 5.48. The minimum atomic E-state index is -0.675. The van der Waals surface area contributed by atoms with Crippen molar-refractivity contribution in [1.82, 2.24) is 0 Å². The zero-order valence-electron chi connectivity index (χ0n) is 16.7. The molecule has 4 rings (SSSR count). The summed E-state index contributed by atoms with van der Waals surface area (Å²) in [5.74, 6) is -1.49. The van der Waals surface area contributed by atoms with Crippen molar-refractivity contribution in [2.24, 2.45) is 17.8 Å². The zero-order valence-corrected chi connectivity index (χ0v) is 16.7. The number of ether oxygens (including phenoxy) is 1. The summed E-state index contributed by atoms with van der Waals surface area (Å²) in [5, 5.41) is 0. The summed E-state index contributed by atoms with van der Waals surface area (Å²) in [5.41, 5.74) is 1.03. The van der Waals surface area contributed by atoms with E-state index in [0.717, 1.165) is 19.3 Å². The molecular formula is C24H23NO5. The minimum Gasteiger partial charge on any atom is -0.454 e. The molecule has 2 aromatic rings. The molecule has 154 valence electrons. The van der Waals surface area contributed by atoms with Crippen LogP contribution in [-0.4, -0.2) is 30.2 Å². The van der Waals surface area contributed by atoms with Crippen molar-refractivity contribution >= 4 is 29.3 Å². The van der Waals surface area contributed by atoms with Crippen molar-refractivity contribution in [3.8, 4) is 0 Å². The lowest BCUT2D eigenvalue weighted by Crippen LogP contribution is -2.31. The van der Waals surface area contributed by atoms with Crippen LogP contribution < -0.4 is 4.90 Å². The van der Waals surface area contributed by atoms with E-state index in [-0.39, 0.29) is 41.6 Å². The average molecular weight is 405 g/mol. The lowest BCUT2D eigenvalue weighted by Gasteiger charge is -2.25. The third-order valence-corrected chi connectivity index (χ3v) is 5.96. The summed E-state index contributed by atoms with van der Waals surface area (Å²) in [4.78, 5) is 51.5. The van der Waals surface area contributed by atoms with E-state index < -0.39 is 5.97 Å². The third kappa shape index (κ3) is 3.77.